The fourth-order valence-electron chi connectivity index (χ4n) is 2.62. The predicted octanol–water partition coefficient (Wildman–Crippen LogP) is 1.42. The summed E-state index contributed by atoms with van der Waals surface area (Å²) in [5.41, 5.74) is 0.563. The summed E-state index contributed by atoms with van der Waals surface area (Å²) in [6.45, 7) is 0. The van der Waals surface area contributed by atoms with Crippen molar-refractivity contribution in [1.29, 1.82) is 0 Å². The second-order valence-corrected chi connectivity index (χ2v) is 8.30. The Kier molecular flexibility index (Phi) is 2.86. The first-order chi connectivity index (χ1) is 8.92. The molecule has 2 aliphatic heterocycles. The molecule has 4 nitrogen and oxygen atoms in total. The topological polar surface area (TPSA) is 54.5 Å². The number of thioether (sulfide) groups is 1. The van der Waals surface area contributed by atoms with Gasteiger partial charge in [-0.2, -0.15) is 0 Å². The monoisotopic (exact) mass is 301 g/mol. The number of halogens is 1. The summed E-state index contributed by atoms with van der Waals surface area (Å²) < 4.78 is 36.4. The summed E-state index contributed by atoms with van der Waals surface area (Å²) in [5, 5.41) is 0. The van der Waals surface area contributed by atoms with Crippen molar-refractivity contribution < 1.29 is 17.6 Å². The SMILES string of the molecule is O=C1CS[C@@]2(CCS(=O)(=O)C2)N1c1ccc(F)cc1. The first kappa shape index (κ1) is 12.9. The van der Waals surface area contributed by atoms with Crippen LogP contribution in [0.25, 0.3) is 0 Å². The number of benzene rings is 1. The average molecular weight is 301 g/mol. The summed E-state index contributed by atoms with van der Waals surface area (Å²) in [4.78, 5) is 12.9. The van der Waals surface area contributed by atoms with E-state index in [9.17, 15) is 17.6 Å². The van der Waals surface area contributed by atoms with E-state index >= 15 is 0 Å². The van der Waals surface area contributed by atoms with E-state index in [1.807, 2.05) is 0 Å². The van der Waals surface area contributed by atoms with Crippen molar-refractivity contribution in [2.24, 2.45) is 0 Å². The van der Waals surface area contributed by atoms with Crippen LogP contribution in [0.4, 0.5) is 10.1 Å². The highest BCUT2D eigenvalue weighted by Gasteiger charge is 2.53. The Morgan fingerprint density at radius 1 is 1.26 bits per heavy atom. The van der Waals surface area contributed by atoms with Gasteiger partial charge in [0.05, 0.1) is 17.3 Å². The lowest BCUT2D eigenvalue weighted by Crippen LogP contribution is -2.45. The molecule has 0 unspecified atom stereocenters. The first-order valence-corrected chi connectivity index (χ1v) is 8.66. The molecule has 1 spiro atoms. The van der Waals surface area contributed by atoms with Gasteiger partial charge in [-0.25, -0.2) is 12.8 Å². The summed E-state index contributed by atoms with van der Waals surface area (Å²) >= 11 is 1.37. The van der Waals surface area contributed by atoms with Crippen molar-refractivity contribution in [2.75, 3.05) is 22.2 Å². The number of anilines is 1. The van der Waals surface area contributed by atoms with Gasteiger partial charge in [-0.3, -0.25) is 9.69 Å². The third kappa shape index (κ3) is 2.14. The first-order valence-electron chi connectivity index (χ1n) is 5.85. The maximum absolute atomic E-state index is 13.0. The second-order valence-electron chi connectivity index (χ2n) is 4.78. The zero-order valence-corrected chi connectivity index (χ0v) is 11.6. The van der Waals surface area contributed by atoms with Crippen LogP contribution in [0.5, 0.6) is 0 Å². The fraction of sp³-hybridized carbons (Fsp3) is 0.417. The summed E-state index contributed by atoms with van der Waals surface area (Å²) in [6.07, 6.45) is 0.434. The number of nitrogens with zero attached hydrogens (tertiary/aromatic N) is 1. The molecule has 0 radical (unpaired) electrons. The number of carbonyl (C=O) groups is 1. The van der Waals surface area contributed by atoms with Crippen molar-refractivity contribution in [2.45, 2.75) is 11.3 Å². The Hall–Kier alpha value is -1.08. The van der Waals surface area contributed by atoms with Gasteiger partial charge in [-0.05, 0) is 30.7 Å². The lowest BCUT2D eigenvalue weighted by Gasteiger charge is -2.32. The molecule has 1 aromatic carbocycles. The standard InChI is InChI=1S/C12H12FNO3S2/c13-9-1-3-10(4-2-9)14-11(15)7-18-12(14)5-6-19(16,17)8-12/h1-4H,5-8H2/t12-/m1/s1. The maximum atomic E-state index is 13.0. The van der Waals surface area contributed by atoms with Gasteiger partial charge in [0.15, 0.2) is 9.84 Å². The highest BCUT2D eigenvalue weighted by atomic mass is 32.2. The number of hydrogen-bond donors (Lipinski definition) is 0. The van der Waals surface area contributed by atoms with Gasteiger partial charge in [-0.1, -0.05) is 0 Å². The highest BCUT2D eigenvalue weighted by molar-refractivity contribution is 8.03. The average Bonchev–Trinajstić information content (AvgIpc) is 2.82. The molecule has 0 bridgehead atoms. The van der Waals surface area contributed by atoms with E-state index in [2.05, 4.69) is 0 Å². The van der Waals surface area contributed by atoms with Crippen molar-refractivity contribution in [3.8, 4) is 0 Å². The largest absolute Gasteiger partial charge is 0.295 e. The van der Waals surface area contributed by atoms with Crippen LogP contribution in [0, 0.1) is 5.82 Å². The molecule has 102 valence electrons. The van der Waals surface area contributed by atoms with Crippen LogP contribution in [0.3, 0.4) is 0 Å². The normalized spacial score (nSPS) is 29.3. The van der Waals surface area contributed by atoms with Crippen LogP contribution in [0.1, 0.15) is 6.42 Å². The summed E-state index contributed by atoms with van der Waals surface area (Å²) in [7, 11) is -3.10. The van der Waals surface area contributed by atoms with E-state index in [0.29, 0.717) is 12.1 Å². The van der Waals surface area contributed by atoms with Gasteiger partial charge < -0.3 is 0 Å². The third-order valence-electron chi connectivity index (χ3n) is 3.46. The molecule has 2 saturated heterocycles. The molecule has 1 amide bonds. The molecule has 1 atom stereocenters. The molecule has 0 N–H and O–H groups in total. The van der Waals surface area contributed by atoms with Crippen LogP contribution in [0.2, 0.25) is 0 Å². The Bertz CT molecular complexity index is 629. The van der Waals surface area contributed by atoms with Crippen LogP contribution < -0.4 is 4.90 Å². The molecule has 2 aliphatic rings. The second kappa shape index (κ2) is 4.21. The molecule has 1 aromatic rings. The molecular formula is C12H12FNO3S2. The highest BCUT2D eigenvalue weighted by Crippen LogP contribution is 2.46. The van der Waals surface area contributed by atoms with Crippen LogP contribution in [0.15, 0.2) is 24.3 Å². The Labute approximate surface area is 114 Å². The van der Waals surface area contributed by atoms with E-state index in [1.54, 1.807) is 0 Å². The lowest BCUT2D eigenvalue weighted by atomic mass is 10.1. The number of amides is 1. The van der Waals surface area contributed by atoms with E-state index in [1.165, 1.54) is 40.9 Å². The molecule has 7 heteroatoms. The minimum atomic E-state index is -3.10. The van der Waals surface area contributed by atoms with Crippen LogP contribution in [-0.4, -0.2) is 36.5 Å². The maximum Gasteiger partial charge on any atom is 0.238 e. The van der Waals surface area contributed by atoms with Crippen molar-refractivity contribution in [3.05, 3.63) is 30.1 Å². The third-order valence-corrected chi connectivity index (χ3v) is 6.84. The van der Waals surface area contributed by atoms with Gasteiger partial charge >= 0.3 is 0 Å². The Balaban J connectivity index is 2.02. The molecule has 2 heterocycles. The van der Waals surface area contributed by atoms with Gasteiger partial charge in [-0.15, -0.1) is 11.8 Å². The van der Waals surface area contributed by atoms with Crippen LogP contribution in [-0.2, 0) is 14.6 Å². The molecule has 0 aromatic heterocycles. The molecule has 0 saturated carbocycles. The quantitative estimate of drug-likeness (QED) is 0.787. The smallest absolute Gasteiger partial charge is 0.238 e. The van der Waals surface area contributed by atoms with Gasteiger partial charge in [0.1, 0.15) is 10.7 Å². The van der Waals surface area contributed by atoms with E-state index < -0.39 is 14.7 Å². The number of carbonyl (C=O) groups excluding carboxylic acids is 1. The van der Waals surface area contributed by atoms with Crippen molar-refractivity contribution in [3.63, 3.8) is 0 Å². The summed E-state index contributed by atoms with van der Waals surface area (Å²) in [6, 6.07) is 5.60. The number of hydrogen-bond acceptors (Lipinski definition) is 4. The predicted molar refractivity (Wildman–Crippen MR) is 72.3 cm³/mol. The molecular weight excluding hydrogens is 289 g/mol. The molecule has 3 rings (SSSR count). The van der Waals surface area contributed by atoms with Crippen molar-refractivity contribution >= 4 is 33.2 Å². The lowest BCUT2D eigenvalue weighted by molar-refractivity contribution is -0.116. The van der Waals surface area contributed by atoms with E-state index in [4.69, 9.17) is 0 Å². The Morgan fingerprint density at radius 2 is 1.95 bits per heavy atom. The van der Waals surface area contributed by atoms with Crippen molar-refractivity contribution in [1.82, 2.24) is 0 Å². The minimum absolute atomic E-state index is 0.0201. The minimum Gasteiger partial charge on any atom is -0.295 e. The zero-order chi connectivity index (χ0) is 13.7. The van der Waals surface area contributed by atoms with E-state index in [-0.39, 0.29) is 29.0 Å². The molecule has 0 aliphatic carbocycles. The van der Waals surface area contributed by atoms with Gasteiger partial charge in [0.2, 0.25) is 5.91 Å². The summed E-state index contributed by atoms with van der Waals surface area (Å²) in [5.74, 6) is -0.143. The van der Waals surface area contributed by atoms with Gasteiger partial charge in [0.25, 0.3) is 0 Å². The van der Waals surface area contributed by atoms with Crippen LogP contribution >= 0.6 is 11.8 Å². The fourth-order valence-corrected chi connectivity index (χ4v) is 6.47. The van der Waals surface area contributed by atoms with E-state index in [0.717, 1.165) is 0 Å². The zero-order valence-electron chi connectivity index (χ0n) is 10.0. The number of rotatable bonds is 1. The molecule has 19 heavy (non-hydrogen) atoms. The number of sulfone groups is 1. The Morgan fingerprint density at radius 3 is 2.53 bits per heavy atom. The molecule has 2 fully saturated rings. The van der Waals surface area contributed by atoms with Gasteiger partial charge in [0, 0.05) is 5.69 Å².